The van der Waals surface area contributed by atoms with Crippen molar-refractivity contribution >= 4 is 17.3 Å². The first kappa shape index (κ1) is 27.7. The lowest BCUT2D eigenvalue weighted by atomic mass is 9.78. The number of nitrogens with one attached hydrogen (secondary N) is 2. The molecule has 0 bridgehead atoms. The molecule has 3 fully saturated rings. The third kappa shape index (κ3) is 5.66. The van der Waals surface area contributed by atoms with Crippen LogP contribution in [-0.4, -0.2) is 71.2 Å². The summed E-state index contributed by atoms with van der Waals surface area (Å²) in [5.41, 5.74) is 3.82. The predicted octanol–water partition coefficient (Wildman–Crippen LogP) is 5.22. The number of pyridine rings is 1. The molecule has 11 heteroatoms. The molecule has 3 aromatic heterocycles. The Bertz CT molecular complexity index is 1580. The van der Waals surface area contributed by atoms with Gasteiger partial charge in [-0.15, -0.1) is 0 Å². The lowest BCUT2D eigenvalue weighted by molar-refractivity contribution is 0.0662. The number of benzene rings is 1. The van der Waals surface area contributed by atoms with Crippen LogP contribution >= 0.6 is 0 Å². The van der Waals surface area contributed by atoms with Gasteiger partial charge in [0.05, 0.1) is 24.9 Å². The highest BCUT2D eigenvalue weighted by Crippen LogP contribution is 2.43. The molecule has 0 amide bonds. The molecule has 4 aromatic rings. The average molecular weight is 585 g/mol. The first-order valence-electron chi connectivity index (χ1n) is 15.1. The molecule has 10 nitrogen and oxygen atoms in total. The van der Waals surface area contributed by atoms with E-state index in [1.807, 2.05) is 12.4 Å². The normalized spacial score (nSPS) is 18.7. The van der Waals surface area contributed by atoms with Crippen LogP contribution in [0.3, 0.4) is 0 Å². The quantitative estimate of drug-likeness (QED) is 0.303. The first-order valence-corrected chi connectivity index (χ1v) is 15.1. The van der Waals surface area contributed by atoms with Crippen LogP contribution < -0.4 is 20.3 Å². The molecule has 0 aliphatic carbocycles. The monoisotopic (exact) mass is 584 g/mol. The lowest BCUT2D eigenvalue weighted by Gasteiger charge is -2.34. The van der Waals surface area contributed by atoms with Crippen molar-refractivity contribution in [2.75, 3.05) is 56.7 Å². The number of hydrogen-bond donors (Lipinski definition) is 2. The molecule has 224 valence electrons. The number of halogens is 1. The number of ether oxygens (including phenoxy) is 2. The fourth-order valence-corrected chi connectivity index (χ4v) is 6.70. The number of aromatic nitrogens is 5. The van der Waals surface area contributed by atoms with Gasteiger partial charge in [-0.25, -0.2) is 19.3 Å². The van der Waals surface area contributed by atoms with E-state index in [9.17, 15) is 4.39 Å². The van der Waals surface area contributed by atoms with Gasteiger partial charge < -0.3 is 25.0 Å². The standard InChI is InChI=1S/C32H37FN8O2/c1-42-27-4-2-3-25(33)30(27)31-35-11-5-28(39-31)38-29-17-26(40-14-10-32(21-40)8-12-34-13-9-32)24(19-36-29)22-18-37-41(20-22)23-6-15-43-16-7-23/h2-5,11,17-20,23,34H,6-10,12-16,21H2,1H3,(H,35,36,38,39). The van der Waals surface area contributed by atoms with Crippen LogP contribution in [-0.2, 0) is 4.74 Å². The maximum absolute atomic E-state index is 14.8. The van der Waals surface area contributed by atoms with Crippen LogP contribution in [0.2, 0.25) is 0 Å². The van der Waals surface area contributed by atoms with Crippen LogP contribution in [0.25, 0.3) is 22.5 Å². The topological polar surface area (TPSA) is 102 Å². The van der Waals surface area contributed by atoms with Crippen molar-refractivity contribution in [2.24, 2.45) is 5.41 Å². The van der Waals surface area contributed by atoms with Crippen LogP contribution in [0.1, 0.15) is 38.1 Å². The smallest absolute Gasteiger partial charge is 0.168 e. The average Bonchev–Trinajstić information content (AvgIpc) is 3.70. The molecule has 0 radical (unpaired) electrons. The van der Waals surface area contributed by atoms with E-state index in [1.54, 1.807) is 24.4 Å². The Morgan fingerprint density at radius 3 is 2.77 bits per heavy atom. The summed E-state index contributed by atoms with van der Waals surface area (Å²) in [6.07, 6.45) is 13.2. The van der Waals surface area contributed by atoms with Crippen LogP contribution in [0, 0.1) is 11.2 Å². The highest BCUT2D eigenvalue weighted by atomic mass is 19.1. The third-order valence-electron chi connectivity index (χ3n) is 9.13. The van der Waals surface area contributed by atoms with E-state index in [0.717, 1.165) is 69.0 Å². The van der Waals surface area contributed by atoms with Gasteiger partial charge in [-0.2, -0.15) is 5.10 Å². The largest absolute Gasteiger partial charge is 0.496 e. The van der Waals surface area contributed by atoms with E-state index in [-0.39, 0.29) is 11.4 Å². The van der Waals surface area contributed by atoms with Crippen LogP contribution in [0.15, 0.2) is 55.1 Å². The molecule has 0 saturated carbocycles. The Kier molecular flexibility index (Phi) is 7.67. The second-order valence-electron chi connectivity index (χ2n) is 11.8. The number of hydrogen-bond acceptors (Lipinski definition) is 9. The summed E-state index contributed by atoms with van der Waals surface area (Å²) in [5.74, 6) is 1.36. The minimum Gasteiger partial charge on any atom is -0.496 e. The molecular weight excluding hydrogens is 547 g/mol. The predicted molar refractivity (Wildman–Crippen MR) is 163 cm³/mol. The summed E-state index contributed by atoms with van der Waals surface area (Å²) >= 11 is 0. The molecule has 0 atom stereocenters. The van der Waals surface area contributed by atoms with Gasteiger partial charge in [-0.05, 0) is 68.8 Å². The first-order chi connectivity index (χ1) is 21.1. The highest BCUT2D eigenvalue weighted by Gasteiger charge is 2.39. The number of piperidine rings is 1. The number of nitrogens with zero attached hydrogens (tertiary/aromatic N) is 6. The summed E-state index contributed by atoms with van der Waals surface area (Å²) in [5, 5.41) is 11.6. The van der Waals surface area contributed by atoms with Crippen molar-refractivity contribution in [1.29, 1.82) is 0 Å². The van der Waals surface area contributed by atoms with Gasteiger partial charge >= 0.3 is 0 Å². The maximum Gasteiger partial charge on any atom is 0.168 e. The highest BCUT2D eigenvalue weighted by molar-refractivity contribution is 5.80. The Labute approximate surface area is 250 Å². The molecule has 3 aliphatic heterocycles. The van der Waals surface area contributed by atoms with E-state index in [4.69, 9.17) is 19.6 Å². The van der Waals surface area contributed by atoms with E-state index in [1.165, 1.54) is 32.4 Å². The fraction of sp³-hybridized carbons (Fsp3) is 0.438. The zero-order valence-corrected chi connectivity index (χ0v) is 24.4. The third-order valence-corrected chi connectivity index (χ3v) is 9.13. The Morgan fingerprint density at radius 1 is 1.07 bits per heavy atom. The molecule has 0 unspecified atom stereocenters. The molecular formula is C32H37FN8O2. The van der Waals surface area contributed by atoms with Crippen LogP contribution in [0.5, 0.6) is 5.75 Å². The molecule has 6 heterocycles. The summed E-state index contributed by atoms with van der Waals surface area (Å²) in [6, 6.07) is 8.89. The molecule has 1 spiro atoms. The van der Waals surface area contributed by atoms with Gasteiger partial charge in [-0.1, -0.05) is 6.07 Å². The van der Waals surface area contributed by atoms with Crippen molar-refractivity contribution < 1.29 is 13.9 Å². The Morgan fingerprint density at radius 2 is 1.93 bits per heavy atom. The SMILES string of the molecule is COc1cccc(F)c1-c1nccc(Nc2cc(N3CCC4(CCNCC4)C3)c(-c3cnn(C4CCOCC4)c3)cn2)n1. The van der Waals surface area contributed by atoms with E-state index in [0.29, 0.717) is 28.8 Å². The van der Waals surface area contributed by atoms with Gasteiger partial charge in [0, 0.05) is 67.8 Å². The van der Waals surface area contributed by atoms with E-state index in [2.05, 4.69) is 42.4 Å². The Hall–Kier alpha value is -4.09. The Balaban J connectivity index is 1.21. The molecule has 7 rings (SSSR count). The number of anilines is 3. The molecule has 2 N–H and O–H groups in total. The van der Waals surface area contributed by atoms with E-state index < -0.39 is 5.82 Å². The molecule has 3 aliphatic rings. The summed E-state index contributed by atoms with van der Waals surface area (Å²) in [4.78, 5) is 16.2. The van der Waals surface area contributed by atoms with Gasteiger partial charge in [0.25, 0.3) is 0 Å². The van der Waals surface area contributed by atoms with Crippen molar-refractivity contribution in [3.05, 3.63) is 60.9 Å². The zero-order valence-electron chi connectivity index (χ0n) is 24.4. The second-order valence-corrected chi connectivity index (χ2v) is 11.8. The molecule has 1 aromatic carbocycles. The summed E-state index contributed by atoms with van der Waals surface area (Å²) in [6.45, 7) is 5.70. The van der Waals surface area contributed by atoms with E-state index >= 15 is 0 Å². The van der Waals surface area contributed by atoms with Crippen LogP contribution in [0.4, 0.5) is 21.7 Å². The molecule has 43 heavy (non-hydrogen) atoms. The van der Waals surface area contributed by atoms with Gasteiger partial charge in [0.2, 0.25) is 0 Å². The van der Waals surface area contributed by atoms with Crippen molar-refractivity contribution in [3.8, 4) is 28.3 Å². The van der Waals surface area contributed by atoms with Gasteiger partial charge in [0.1, 0.15) is 23.2 Å². The fourth-order valence-electron chi connectivity index (χ4n) is 6.70. The van der Waals surface area contributed by atoms with Gasteiger partial charge in [-0.3, -0.25) is 4.68 Å². The summed E-state index contributed by atoms with van der Waals surface area (Å²) < 4.78 is 27.8. The van der Waals surface area contributed by atoms with Crippen molar-refractivity contribution in [2.45, 2.75) is 38.1 Å². The zero-order chi connectivity index (χ0) is 29.2. The minimum absolute atomic E-state index is 0.225. The maximum atomic E-state index is 14.8. The summed E-state index contributed by atoms with van der Waals surface area (Å²) in [7, 11) is 1.51. The number of methoxy groups -OCH3 is 1. The minimum atomic E-state index is -0.441. The number of rotatable bonds is 7. The second kappa shape index (κ2) is 11.9. The van der Waals surface area contributed by atoms with Crippen molar-refractivity contribution in [1.82, 2.24) is 30.0 Å². The lowest BCUT2D eigenvalue weighted by Crippen LogP contribution is -2.38. The molecule has 3 saturated heterocycles. The van der Waals surface area contributed by atoms with Crippen molar-refractivity contribution in [3.63, 3.8) is 0 Å². The van der Waals surface area contributed by atoms with Gasteiger partial charge in [0.15, 0.2) is 5.82 Å².